The zero-order valence-electron chi connectivity index (χ0n) is 8.67. The highest BCUT2D eigenvalue weighted by molar-refractivity contribution is 5.88. The van der Waals surface area contributed by atoms with Gasteiger partial charge in [0.2, 0.25) is 0 Å². The Labute approximate surface area is 75.6 Å². The van der Waals surface area contributed by atoms with Crippen molar-refractivity contribution < 1.29 is 0 Å². The molecule has 1 saturated carbocycles. The van der Waals surface area contributed by atoms with E-state index in [2.05, 4.69) is 18.9 Å². The van der Waals surface area contributed by atoms with Crippen molar-refractivity contribution >= 4 is 5.71 Å². The lowest BCUT2D eigenvalue weighted by molar-refractivity contribution is 0.406. The second kappa shape index (κ2) is 3.92. The Kier molecular flexibility index (Phi) is 3.12. The minimum Gasteiger partial charge on any atom is -0.303 e. The fourth-order valence-corrected chi connectivity index (χ4v) is 1.94. The molecule has 0 radical (unpaired) electrons. The van der Waals surface area contributed by atoms with Crippen LogP contribution < -0.4 is 0 Å². The molecule has 0 aromatic heterocycles. The van der Waals surface area contributed by atoms with Crippen LogP contribution >= 0.6 is 0 Å². The smallest absolute Gasteiger partial charge is 0.0436 e. The van der Waals surface area contributed by atoms with Crippen LogP contribution in [0.5, 0.6) is 0 Å². The molecule has 1 aliphatic rings. The zero-order chi connectivity index (χ0) is 9.14. The molecular weight excluding hydrogens is 148 g/mol. The Morgan fingerprint density at radius 3 is 2.08 bits per heavy atom. The Bertz CT molecular complexity index is 161. The maximum Gasteiger partial charge on any atom is 0.0436 e. The molecular formula is C10H20N2. The Hall–Kier alpha value is -0.530. The fraction of sp³-hybridized carbons (Fsp3) is 0.900. The van der Waals surface area contributed by atoms with Crippen LogP contribution in [-0.4, -0.2) is 24.8 Å². The molecule has 0 spiro atoms. The molecule has 0 heterocycles. The third-order valence-electron chi connectivity index (χ3n) is 2.60. The first-order valence-electron chi connectivity index (χ1n) is 4.87. The molecule has 1 rings (SSSR count). The molecule has 1 fully saturated rings. The van der Waals surface area contributed by atoms with E-state index in [0.717, 1.165) is 0 Å². The Morgan fingerprint density at radius 1 is 1.17 bits per heavy atom. The van der Waals surface area contributed by atoms with Gasteiger partial charge in [-0.3, -0.25) is 0 Å². The fourth-order valence-electron chi connectivity index (χ4n) is 1.94. The van der Waals surface area contributed by atoms with Crippen LogP contribution in [0.15, 0.2) is 5.10 Å². The normalized spacial score (nSPS) is 30.2. The van der Waals surface area contributed by atoms with E-state index >= 15 is 0 Å². The molecule has 2 heteroatoms. The summed E-state index contributed by atoms with van der Waals surface area (Å²) in [5, 5.41) is 6.47. The van der Waals surface area contributed by atoms with Crippen molar-refractivity contribution in [3.63, 3.8) is 0 Å². The predicted molar refractivity (Wildman–Crippen MR) is 53.3 cm³/mol. The van der Waals surface area contributed by atoms with Gasteiger partial charge >= 0.3 is 0 Å². The van der Waals surface area contributed by atoms with Gasteiger partial charge in [0.05, 0.1) is 0 Å². The highest BCUT2D eigenvalue weighted by Gasteiger charge is 2.22. The van der Waals surface area contributed by atoms with Gasteiger partial charge in [-0.25, -0.2) is 0 Å². The lowest BCUT2D eigenvalue weighted by Crippen LogP contribution is -2.27. The molecule has 0 aromatic rings. The standard InChI is InChI=1S/C10H20N2/c1-8-6-5-7-9(2)10(8)11-12(3)4/h8-9H,5-7H2,1-4H3/t8-,9-/m1/s1. The van der Waals surface area contributed by atoms with Gasteiger partial charge < -0.3 is 5.01 Å². The lowest BCUT2D eigenvalue weighted by atomic mass is 9.81. The second-order valence-electron chi connectivity index (χ2n) is 4.11. The average Bonchev–Trinajstić information content (AvgIpc) is 1.97. The summed E-state index contributed by atoms with van der Waals surface area (Å²) in [7, 11) is 4.00. The minimum absolute atomic E-state index is 0.691. The van der Waals surface area contributed by atoms with Crippen molar-refractivity contribution in [3.8, 4) is 0 Å². The third-order valence-corrected chi connectivity index (χ3v) is 2.60. The summed E-state index contributed by atoms with van der Waals surface area (Å²) in [6.45, 7) is 4.58. The van der Waals surface area contributed by atoms with Crippen LogP contribution in [0.1, 0.15) is 33.1 Å². The van der Waals surface area contributed by atoms with Gasteiger partial charge in [-0.2, -0.15) is 5.10 Å². The Morgan fingerprint density at radius 2 is 1.67 bits per heavy atom. The van der Waals surface area contributed by atoms with Crippen LogP contribution in [0.3, 0.4) is 0 Å². The van der Waals surface area contributed by atoms with Gasteiger partial charge in [0.25, 0.3) is 0 Å². The summed E-state index contributed by atoms with van der Waals surface area (Å²) in [5.41, 5.74) is 1.39. The Balaban J connectivity index is 2.69. The minimum atomic E-state index is 0.691. The number of hydrogen-bond acceptors (Lipinski definition) is 2. The third kappa shape index (κ3) is 2.23. The molecule has 70 valence electrons. The molecule has 2 atom stereocenters. The number of rotatable bonds is 1. The molecule has 0 N–H and O–H groups in total. The first-order chi connectivity index (χ1) is 5.61. The van der Waals surface area contributed by atoms with Gasteiger partial charge in [-0.05, 0) is 24.7 Å². The van der Waals surface area contributed by atoms with Crippen LogP contribution in [0.4, 0.5) is 0 Å². The molecule has 0 bridgehead atoms. The molecule has 2 nitrogen and oxygen atoms in total. The summed E-state index contributed by atoms with van der Waals surface area (Å²) >= 11 is 0. The largest absolute Gasteiger partial charge is 0.303 e. The molecule has 0 unspecified atom stereocenters. The van der Waals surface area contributed by atoms with Crippen LogP contribution in [0.2, 0.25) is 0 Å². The molecule has 0 aromatic carbocycles. The van der Waals surface area contributed by atoms with E-state index in [9.17, 15) is 0 Å². The van der Waals surface area contributed by atoms with Crippen molar-refractivity contribution in [2.24, 2.45) is 16.9 Å². The molecule has 1 aliphatic carbocycles. The number of hydrogen-bond donors (Lipinski definition) is 0. The van der Waals surface area contributed by atoms with Crippen LogP contribution in [0.25, 0.3) is 0 Å². The SMILES string of the molecule is C[C@@H]1CCC[C@@H](C)C1=NN(C)C. The van der Waals surface area contributed by atoms with Gasteiger partial charge in [-0.15, -0.1) is 0 Å². The van der Waals surface area contributed by atoms with E-state index in [1.165, 1.54) is 25.0 Å². The van der Waals surface area contributed by atoms with Gasteiger partial charge in [0.15, 0.2) is 0 Å². The van der Waals surface area contributed by atoms with Gasteiger partial charge in [0, 0.05) is 19.8 Å². The van der Waals surface area contributed by atoms with E-state index in [0.29, 0.717) is 11.8 Å². The summed E-state index contributed by atoms with van der Waals surface area (Å²) in [6.07, 6.45) is 4.00. The summed E-state index contributed by atoms with van der Waals surface area (Å²) in [4.78, 5) is 0. The maximum atomic E-state index is 4.55. The van der Waals surface area contributed by atoms with E-state index in [1.54, 1.807) is 0 Å². The van der Waals surface area contributed by atoms with E-state index in [4.69, 9.17) is 0 Å². The second-order valence-corrected chi connectivity index (χ2v) is 4.11. The van der Waals surface area contributed by atoms with Crippen molar-refractivity contribution in [1.82, 2.24) is 5.01 Å². The number of nitrogens with zero attached hydrogens (tertiary/aromatic N) is 2. The quantitative estimate of drug-likeness (QED) is 0.549. The topological polar surface area (TPSA) is 15.6 Å². The summed E-state index contributed by atoms with van der Waals surface area (Å²) in [5.74, 6) is 1.38. The molecule has 0 saturated heterocycles. The van der Waals surface area contributed by atoms with Crippen molar-refractivity contribution in [2.45, 2.75) is 33.1 Å². The van der Waals surface area contributed by atoms with Gasteiger partial charge in [-0.1, -0.05) is 20.3 Å². The average molecular weight is 168 g/mol. The molecule has 0 aliphatic heterocycles. The summed E-state index contributed by atoms with van der Waals surface area (Å²) < 4.78 is 0. The zero-order valence-corrected chi connectivity index (χ0v) is 8.67. The predicted octanol–water partition coefficient (Wildman–Crippen LogP) is 2.36. The number of hydrazone groups is 1. The van der Waals surface area contributed by atoms with E-state index < -0.39 is 0 Å². The van der Waals surface area contributed by atoms with Crippen LogP contribution in [0, 0.1) is 11.8 Å². The van der Waals surface area contributed by atoms with Crippen molar-refractivity contribution in [3.05, 3.63) is 0 Å². The van der Waals surface area contributed by atoms with E-state index in [-0.39, 0.29) is 0 Å². The highest BCUT2D eigenvalue weighted by Crippen LogP contribution is 2.26. The summed E-state index contributed by atoms with van der Waals surface area (Å²) in [6, 6.07) is 0. The highest BCUT2D eigenvalue weighted by atomic mass is 15.4. The van der Waals surface area contributed by atoms with Crippen LogP contribution in [-0.2, 0) is 0 Å². The molecule has 12 heavy (non-hydrogen) atoms. The maximum absolute atomic E-state index is 4.55. The monoisotopic (exact) mass is 168 g/mol. The van der Waals surface area contributed by atoms with Gasteiger partial charge in [0.1, 0.15) is 0 Å². The van der Waals surface area contributed by atoms with Crippen molar-refractivity contribution in [2.75, 3.05) is 14.1 Å². The van der Waals surface area contributed by atoms with Crippen molar-refractivity contribution in [1.29, 1.82) is 0 Å². The lowest BCUT2D eigenvalue weighted by Gasteiger charge is -2.27. The first-order valence-corrected chi connectivity index (χ1v) is 4.87. The first kappa shape index (κ1) is 9.56. The molecule has 0 amide bonds. The van der Waals surface area contributed by atoms with E-state index in [1.807, 2.05) is 19.1 Å².